The second-order valence-corrected chi connectivity index (χ2v) is 6.08. The molecule has 0 saturated heterocycles. The Hall–Kier alpha value is -1.64. The number of hydrogen-bond acceptors (Lipinski definition) is 2. The van der Waals surface area contributed by atoms with Crippen LogP contribution in [0.25, 0.3) is 0 Å². The molecule has 0 spiro atoms. The molecule has 0 bridgehead atoms. The summed E-state index contributed by atoms with van der Waals surface area (Å²) >= 11 is 0. The van der Waals surface area contributed by atoms with Crippen LogP contribution in [0.1, 0.15) is 18.1 Å². The van der Waals surface area contributed by atoms with Gasteiger partial charge in [-0.25, -0.2) is 0 Å². The Bertz CT molecular complexity index is 558. The zero-order valence-electron chi connectivity index (χ0n) is 14.1. The molecule has 2 nitrogen and oxygen atoms in total. The Morgan fingerprint density at radius 1 is 1.05 bits per heavy atom. The first-order valence-corrected chi connectivity index (χ1v) is 7.47. The lowest BCUT2D eigenvalue weighted by molar-refractivity contribution is -0.0254. The van der Waals surface area contributed by atoms with Crippen LogP contribution in [0, 0.1) is 5.92 Å². The summed E-state index contributed by atoms with van der Waals surface area (Å²) in [4.78, 5) is 2.15. The zero-order chi connectivity index (χ0) is 16.0. The molecule has 0 fully saturated rings. The topological polar surface area (TPSA) is 23.5 Å². The van der Waals surface area contributed by atoms with E-state index in [2.05, 4.69) is 50.2 Å². The average Bonchev–Trinajstić information content (AvgIpc) is 2.53. The largest absolute Gasteiger partial charge is 0.384 e. The van der Waals surface area contributed by atoms with Gasteiger partial charge in [0.1, 0.15) is 0 Å². The van der Waals surface area contributed by atoms with Crippen LogP contribution in [0.2, 0.25) is 0 Å². The van der Waals surface area contributed by atoms with Gasteiger partial charge in [-0.05, 0) is 25.2 Å². The van der Waals surface area contributed by atoms with E-state index in [1.54, 1.807) is 0 Å². The number of nitrogens with zero attached hydrogens (tertiary/aromatic N) is 1. The Labute approximate surface area is 129 Å². The molecular formula is C19H25NO. The van der Waals surface area contributed by atoms with E-state index in [-0.39, 0.29) is 5.92 Å². The zero-order valence-corrected chi connectivity index (χ0v) is 13.1. The van der Waals surface area contributed by atoms with Crippen LogP contribution < -0.4 is 0 Å². The molecule has 112 valence electrons. The summed E-state index contributed by atoms with van der Waals surface area (Å²) in [5.41, 5.74) is 1.60. The van der Waals surface area contributed by atoms with E-state index in [4.69, 9.17) is 6.54 Å². The highest BCUT2D eigenvalue weighted by molar-refractivity contribution is 5.27. The van der Waals surface area contributed by atoms with Crippen molar-refractivity contribution in [3.63, 3.8) is 0 Å². The van der Waals surface area contributed by atoms with E-state index >= 15 is 0 Å². The minimum atomic E-state index is -0.646. The molecule has 2 heteroatoms. The highest BCUT2D eigenvalue weighted by Gasteiger charge is 2.35. The first-order valence-electron chi connectivity index (χ1n) is 7.88. The van der Waals surface area contributed by atoms with Crippen LogP contribution in [-0.2, 0) is 12.0 Å². The number of benzene rings is 2. The molecule has 2 aromatic rings. The molecule has 0 aliphatic carbocycles. The lowest BCUT2D eigenvalue weighted by atomic mass is 9.77. The normalized spacial score (nSPS) is 16.3. The molecule has 0 radical (unpaired) electrons. The van der Waals surface area contributed by atoms with E-state index in [0.717, 1.165) is 12.1 Å². The lowest BCUT2D eigenvalue weighted by Crippen LogP contribution is -2.41. The smallest absolute Gasteiger partial charge is 0.211 e. The molecule has 21 heavy (non-hydrogen) atoms. The third-order valence-corrected chi connectivity index (χ3v) is 4.01. The molecule has 0 amide bonds. The maximum Gasteiger partial charge on any atom is 0.211 e. The van der Waals surface area contributed by atoms with Gasteiger partial charge in [0.2, 0.25) is 1.43 Å². The van der Waals surface area contributed by atoms with Gasteiger partial charge in [-0.1, -0.05) is 67.6 Å². The molecule has 2 aromatic carbocycles. The third-order valence-electron chi connectivity index (χ3n) is 4.01. The number of aliphatic hydroxyl groups is 1. The summed E-state index contributed by atoms with van der Waals surface area (Å²) in [5, 5.41) is 5.41. The van der Waals surface area contributed by atoms with Gasteiger partial charge >= 0.3 is 0 Å². The minimum absolute atomic E-state index is 0.183. The van der Waals surface area contributed by atoms with E-state index in [9.17, 15) is 0 Å². The van der Waals surface area contributed by atoms with Crippen molar-refractivity contribution in [3.05, 3.63) is 71.8 Å². The fourth-order valence-corrected chi connectivity index (χ4v) is 2.88. The average molecular weight is 284 g/mol. The van der Waals surface area contributed by atoms with Crippen LogP contribution in [0.4, 0.5) is 0 Å². The summed E-state index contributed by atoms with van der Waals surface area (Å²) in [7, 11) is 4.11. The van der Waals surface area contributed by atoms with Crippen molar-refractivity contribution in [1.82, 2.24) is 4.90 Å². The maximum atomic E-state index is 7.85. The van der Waals surface area contributed by atoms with Crippen LogP contribution in [0.15, 0.2) is 60.7 Å². The molecule has 0 heterocycles. The van der Waals surface area contributed by atoms with Crippen molar-refractivity contribution in [2.75, 3.05) is 20.6 Å². The highest BCUT2D eigenvalue weighted by atomic mass is 16.3. The SMILES string of the molecule is [2H]O[C@@](Cc1ccccc1)(c1ccccc1)[C@@H](C)CN(C)C. The third kappa shape index (κ3) is 3.93. The van der Waals surface area contributed by atoms with Gasteiger partial charge in [-0.2, -0.15) is 0 Å². The maximum absolute atomic E-state index is 7.85. The Balaban J connectivity index is 2.42. The molecule has 0 aliphatic rings. The quantitative estimate of drug-likeness (QED) is 0.843. The van der Waals surface area contributed by atoms with Crippen molar-refractivity contribution in [2.24, 2.45) is 5.92 Å². The van der Waals surface area contributed by atoms with E-state index in [0.29, 0.717) is 6.42 Å². The minimum Gasteiger partial charge on any atom is -0.384 e. The first-order chi connectivity index (χ1) is 10.6. The summed E-state index contributed by atoms with van der Waals surface area (Å²) in [6, 6.07) is 20.4. The van der Waals surface area contributed by atoms with Gasteiger partial charge < -0.3 is 10.0 Å². The summed E-state index contributed by atoms with van der Waals surface area (Å²) in [5.74, 6) is 0.183. The van der Waals surface area contributed by atoms with E-state index < -0.39 is 5.60 Å². The first kappa shape index (κ1) is 14.3. The molecule has 2 atom stereocenters. The van der Waals surface area contributed by atoms with Crippen molar-refractivity contribution in [3.8, 4) is 0 Å². The summed E-state index contributed by atoms with van der Waals surface area (Å²) < 4.78 is 7.85. The van der Waals surface area contributed by atoms with Gasteiger partial charge in [-0.3, -0.25) is 0 Å². The van der Waals surface area contributed by atoms with Crippen LogP contribution in [-0.4, -0.2) is 32.1 Å². The fourth-order valence-electron chi connectivity index (χ4n) is 2.88. The number of hydrogen-bond donors (Lipinski definition) is 1. The molecule has 1 N–H and O–H groups in total. The van der Waals surface area contributed by atoms with Crippen molar-refractivity contribution in [2.45, 2.75) is 18.9 Å². The fraction of sp³-hybridized carbons (Fsp3) is 0.368. The number of rotatable bonds is 7. The Morgan fingerprint density at radius 3 is 2.14 bits per heavy atom. The van der Waals surface area contributed by atoms with Gasteiger partial charge in [0.15, 0.2) is 0 Å². The van der Waals surface area contributed by atoms with E-state index in [1.165, 1.54) is 5.56 Å². The predicted molar refractivity (Wildman–Crippen MR) is 88.2 cm³/mol. The molecule has 2 rings (SSSR count). The van der Waals surface area contributed by atoms with Crippen LogP contribution in [0.5, 0.6) is 0 Å². The molecular weight excluding hydrogens is 258 g/mol. The lowest BCUT2D eigenvalue weighted by Gasteiger charge is -2.36. The monoisotopic (exact) mass is 284 g/mol. The van der Waals surface area contributed by atoms with Crippen molar-refractivity contribution < 1.29 is 5.11 Å². The molecule has 0 unspecified atom stereocenters. The van der Waals surface area contributed by atoms with Crippen molar-refractivity contribution >= 4 is 0 Å². The van der Waals surface area contributed by atoms with Crippen LogP contribution in [0.3, 0.4) is 0 Å². The van der Waals surface area contributed by atoms with Gasteiger partial charge in [0, 0.05) is 18.9 Å². The van der Waals surface area contributed by atoms with Crippen LogP contribution >= 0.6 is 0 Å². The van der Waals surface area contributed by atoms with Gasteiger partial charge in [0.25, 0.3) is 0 Å². The molecule has 0 aromatic heterocycles. The summed E-state index contributed by atoms with van der Waals surface area (Å²) in [6.45, 7) is 3.02. The van der Waals surface area contributed by atoms with E-state index in [1.807, 2.05) is 36.4 Å². The van der Waals surface area contributed by atoms with Gasteiger partial charge in [-0.15, -0.1) is 0 Å². The van der Waals surface area contributed by atoms with Gasteiger partial charge in [0.05, 0.1) is 5.60 Å². The van der Waals surface area contributed by atoms with Crippen molar-refractivity contribution in [1.29, 1.82) is 1.43 Å². The Kier molecular flexibility index (Phi) is 4.69. The Morgan fingerprint density at radius 2 is 1.62 bits per heavy atom. The second kappa shape index (κ2) is 6.88. The molecule has 0 aliphatic heterocycles. The predicted octanol–water partition coefficient (Wildman–Crippen LogP) is 3.31. The second-order valence-electron chi connectivity index (χ2n) is 6.08. The summed E-state index contributed by atoms with van der Waals surface area (Å²) in [6.07, 6.45) is 0.691. The molecule has 0 saturated carbocycles. The standard InChI is InChI=1S/C19H25NO/c1-16(15-20(2)3)19(21,18-12-8-5-9-13-18)14-17-10-6-4-7-11-17/h4-13,16,21H,14-15H2,1-3H3/t16-,19+/m0/s1/i21D. The highest BCUT2D eigenvalue weighted by Crippen LogP contribution is 2.33.